The first-order chi connectivity index (χ1) is 16.2. The molecule has 1 aromatic heterocycles. The van der Waals surface area contributed by atoms with Crippen molar-refractivity contribution >= 4 is 28.2 Å². The van der Waals surface area contributed by atoms with Crippen molar-refractivity contribution in [1.29, 1.82) is 0 Å². The van der Waals surface area contributed by atoms with Gasteiger partial charge in [-0.15, -0.1) is 0 Å². The van der Waals surface area contributed by atoms with E-state index in [0.717, 1.165) is 18.2 Å². The van der Waals surface area contributed by atoms with Gasteiger partial charge in [-0.25, -0.2) is 18.7 Å². The molecule has 12 heteroatoms. The van der Waals surface area contributed by atoms with E-state index in [2.05, 4.69) is 20.2 Å². The first-order valence-electron chi connectivity index (χ1n) is 10.3. The second-order valence-corrected chi connectivity index (χ2v) is 9.14. The first-order valence-corrected chi connectivity index (χ1v) is 10.7. The Morgan fingerprint density at radius 2 is 1.80 bits per heavy atom. The molecule has 0 spiro atoms. The Hall–Kier alpha value is -2.76. The normalized spacial score (nSPS) is 14.1. The van der Waals surface area contributed by atoms with Crippen molar-refractivity contribution < 1.29 is 36.8 Å². The van der Waals surface area contributed by atoms with E-state index in [1.54, 1.807) is 6.92 Å². The summed E-state index contributed by atoms with van der Waals surface area (Å²) in [6.07, 6.45) is -4.70. The van der Waals surface area contributed by atoms with Gasteiger partial charge in [-0.05, 0) is 37.0 Å². The van der Waals surface area contributed by atoms with E-state index in [0.29, 0.717) is 0 Å². The highest BCUT2D eigenvalue weighted by Crippen LogP contribution is 2.45. The Labute approximate surface area is 203 Å². The van der Waals surface area contributed by atoms with E-state index < -0.39 is 41.8 Å². The first kappa shape index (κ1) is 26.8. The van der Waals surface area contributed by atoms with Gasteiger partial charge in [0.2, 0.25) is 0 Å². The number of fused-ring (bicyclic) bond motifs is 1. The summed E-state index contributed by atoms with van der Waals surface area (Å²) in [4.78, 5) is 17.5. The summed E-state index contributed by atoms with van der Waals surface area (Å²) in [7, 11) is 1.17. The summed E-state index contributed by atoms with van der Waals surface area (Å²) in [5, 5.41) is 13.2. The van der Waals surface area contributed by atoms with Crippen LogP contribution in [0.5, 0.6) is 5.75 Å². The van der Waals surface area contributed by atoms with Crippen LogP contribution in [0.1, 0.15) is 31.7 Å². The SMILES string of the molecule is COOc1cc(Cl)c(F)cc1C(C)(C)CC(O)(CNc1ccc(F)c2nc(C)ncc12)C(F)(F)F. The third-order valence-electron chi connectivity index (χ3n) is 5.58. The van der Waals surface area contributed by atoms with Gasteiger partial charge in [-0.2, -0.15) is 18.1 Å². The summed E-state index contributed by atoms with van der Waals surface area (Å²) in [5.41, 5.74) is -4.74. The largest absolute Gasteiger partial charge is 0.418 e. The van der Waals surface area contributed by atoms with Gasteiger partial charge in [0.25, 0.3) is 0 Å². The molecule has 3 rings (SSSR count). The third-order valence-corrected chi connectivity index (χ3v) is 5.87. The summed E-state index contributed by atoms with van der Waals surface area (Å²) in [6.45, 7) is 3.33. The van der Waals surface area contributed by atoms with Crippen molar-refractivity contribution in [3.8, 4) is 5.75 Å². The number of hydrogen-bond donors (Lipinski definition) is 2. The number of rotatable bonds is 8. The van der Waals surface area contributed by atoms with Crippen LogP contribution in [0.3, 0.4) is 0 Å². The molecule has 0 aliphatic heterocycles. The van der Waals surface area contributed by atoms with Crippen molar-refractivity contribution in [3.05, 3.63) is 58.5 Å². The number of nitrogens with one attached hydrogen (secondary N) is 1. The maximum atomic E-state index is 14.2. The molecular formula is C23H23ClF5N3O3. The average Bonchev–Trinajstić information content (AvgIpc) is 2.75. The molecule has 2 aromatic carbocycles. The molecule has 6 nitrogen and oxygen atoms in total. The molecule has 0 aliphatic rings. The van der Waals surface area contributed by atoms with Crippen molar-refractivity contribution in [2.75, 3.05) is 19.0 Å². The maximum Gasteiger partial charge on any atom is 0.418 e. The van der Waals surface area contributed by atoms with E-state index in [9.17, 15) is 27.1 Å². The lowest BCUT2D eigenvalue weighted by atomic mass is 9.74. The predicted molar refractivity (Wildman–Crippen MR) is 120 cm³/mol. The maximum absolute atomic E-state index is 14.2. The number of halogens is 6. The number of aliphatic hydroxyl groups is 1. The quantitative estimate of drug-likeness (QED) is 0.220. The highest BCUT2D eigenvalue weighted by Gasteiger charge is 2.56. The van der Waals surface area contributed by atoms with E-state index >= 15 is 0 Å². The van der Waals surface area contributed by atoms with Crippen LogP contribution in [0.15, 0.2) is 30.5 Å². The van der Waals surface area contributed by atoms with Crippen molar-refractivity contribution in [2.24, 2.45) is 0 Å². The fourth-order valence-electron chi connectivity index (χ4n) is 3.88. The number of nitrogens with zero attached hydrogens (tertiary/aromatic N) is 2. The fourth-order valence-corrected chi connectivity index (χ4v) is 4.03. The van der Waals surface area contributed by atoms with E-state index in [1.807, 2.05) is 0 Å². The molecule has 0 amide bonds. The second-order valence-electron chi connectivity index (χ2n) is 8.73. The molecule has 1 unspecified atom stereocenters. The van der Waals surface area contributed by atoms with Crippen LogP contribution in [0.4, 0.5) is 27.6 Å². The van der Waals surface area contributed by atoms with Gasteiger partial charge in [-0.1, -0.05) is 25.4 Å². The summed E-state index contributed by atoms with van der Waals surface area (Å²) in [6, 6.07) is 4.30. The molecule has 0 fully saturated rings. The molecule has 0 saturated heterocycles. The lowest BCUT2D eigenvalue weighted by molar-refractivity contribution is -0.261. The van der Waals surface area contributed by atoms with Crippen LogP contribution in [-0.2, 0) is 10.3 Å². The molecule has 2 N–H and O–H groups in total. The Morgan fingerprint density at radius 3 is 2.43 bits per heavy atom. The predicted octanol–water partition coefficient (Wildman–Crippen LogP) is 5.88. The van der Waals surface area contributed by atoms with Gasteiger partial charge >= 0.3 is 6.18 Å². The molecule has 0 aliphatic carbocycles. The van der Waals surface area contributed by atoms with Crippen LogP contribution in [0.2, 0.25) is 5.02 Å². The molecule has 35 heavy (non-hydrogen) atoms. The third kappa shape index (κ3) is 5.57. The lowest BCUT2D eigenvalue weighted by Gasteiger charge is -2.38. The molecule has 1 atom stereocenters. The Kier molecular flexibility index (Phi) is 7.45. The molecule has 3 aromatic rings. The monoisotopic (exact) mass is 519 g/mol. The molecular weight excluding hydrogens is 497 g/mol. The number of benzene rings is 2. The molecule has 0 saturated carbocycles. The van der Waals surface area contributed by atoms with Crippen LogP contribution in [0, 0.1) is 18.6 Å². The second kappa shape index (κ2) is 9.71. The zero-order valence-corrected chi connectivity index (χ0v) is 20.0. The molecule has 1 heterocycles. The minimum Gasteiger partial charge on any atom is -0.381 e. The summed E-state index contributed by atoms with van der Waals surface area (Å²) < 4.78 is 70.8. The molecule has 190 valence electrons. The zero-order chi connectivity index (χ0) is 26.2. The Bertz CT molecular complexity index is 1240. The smallest absolute Gasteiger partial charge is 0.381 e. The van der Waals surface area contributed by atoms with E-state index in [4.69, 9.17) is 16.5 Å². The van der Waals surface area contributed by atoms with Gasteiger partial charge in [0.05, 0.1) is 18.7 Å². The number of alkyl halides is 3. The average molecular weight is 520 g/mol. The van der Waals surface area contributed by atoms with Crippen LogP contribution >= 0.6 is 11.6 Å². The standard InChI is InChI=1S/C23H23ClF5N3O3/c1-12-30-9-13-18(6-5-16(25)20(13)32-12)31-11-22(33,23(27,28)29)10-21(2,3)14-7-17(26)15(24)8-19(14)35-34-4/h5-9,31,33H,10-11H2,1-4H3. The van der Waals surface area contributed by atoms with E-state index in [-0.39, 0.29) is 38.8 Å². The number of anilines is 1. The van der Waals surface area contributed by atoms with Crippen LogP contribution < -0.4 is 10.2 Å². The fraction of sp³-hybridized carbons (Fsp3) is 0.391. The zero-order valence-electron chi connectivity index (χ0n) is 19.2. The topological polar surface area (TPSA) is 76.5 Å². The molecule has 0 radical (unpaired) electrons. The van der Waals surface area contributed by atoms with Crippen molar-refractivity contribution in [1.82, 2.24) is 9.97 Å². The summed E-state index contributed by atoms with van der Waals surface area (Å²) in [5.74, 6) is -1.36. The Balaban J connectivity index is 1.98. The number of aryl methyl sites for hydroxylation is 1. The Morgan fingerprint density at radius 1 is 1.11 bits per heavy atom. The van der Waals surface area contributed by atoms with Crippen molar-refractivity contribution in [3.63, 3.8) is 0 Å². The highest BCUT2D eigenvalue weighted by molar-refractivity contribution is 6.30. The number of aromatic nitrogens is 2. The van der Waals surface area contributed by atoms with Gasteiger partial charge in [0, 0.05) is 28.9 Å². The summed E-state index contributed by atoms with van der Waals surface area (Å²) >= 11 is 5.78. The lowest BCUT2D eigenvalue weighted by Crippen LogP contribution is -2.53. The van der Waals surface area contributed by atoms with Crippen molar-refractivity contribution in [2.45, 2.75) is 44.4 Å². The minimum absolute atomic E-state index is 0.0000298. The number of hydrogen-bond acceptors (Lipinski definition) is 6. The van der Waals surface area contributed by atoms with Gasteiger partial charge < -0.3 is 15.3 Å². The minimum atomic E-state index is -5.09. The van der Waals surface area contributed by atoms with Gasteiger partial charge in [-0.3, -0.25) is 0 Å². The van der Waals surface area contributed by atoms with Crippen LogP contribution in [0.25, 0.3) is 10.9 Å². The van der Waals surface area contributed by atoms with Gasteiger partial charge in [0.1, 0.15) is 23.0 Å². The molecule has 0 bridgehead atoms. The van der Waals surface area contributed by atoms with Gasteiger partial charge in [0.15, 0.2) is 11.4 Å². The van der Waals surface area contributed by atoms with E-state index in [1.165, 1.54) is 33.2 Å². The van der Waals surface area contributed by atoms with Crippen LogP contribution in [-0.4, -0.2) is 40.5 Å². The highest BCUT2D eigenvalue weighted by atomic mass is 35.5.